The molecule has 1 nitrogen and oxygen atoms in total. The van der Waals surface area contributed by atoms with Crippen LogP contribution in [0.15, 0.2) is 56.0 Å². The minimum atomic E-state index is 0.715. The van der Waals surface area contributed by atoms with Gasteiger partial charge in [0.2, 0.25) is 0 Å². The molecule has 0 aliphatic rings. The Balaban J connectivity index is 2.25. The Morgan fingerprint density at radius 1 is 0.588 bits per heavy atom. The third kappa shape index (κ3) is 3.31. The van der Waals surface area contributed by atoms with E-state index in [1.165, 1.54) is 0 Å². The van der Waals surface area contributed by atoms with E-state index in [-0.39, 0.29) is 0 Å². The van der Waals surface area contributed by atoms with Crippen molar-refractivity contribution >= 4 is 50.5 Å². The van der Waals surface area contributed by atoms with Crippen molar-refractivity contribution in [3.8, 4) is 11.5 Å². The molecule has 2 aromatic carbocycles. The molecule has 0 heterocycles. The number of benzene rings is 2. The van der Waals surface area contributed by atoms with Gasteiger partial charge in [-0.3, -0.25) is 0 Å². The highest BCUT2D eigenvalue weighted by molar-refractivity contribution is 7.83. The molecule has 5 heteroatoms. The monoisotopic (exact) mass is 298 g/mol. The fourth-order valence-electron chi connectivity index (χ4n) is 1.27. The zero-order chi connectivity index (χ0) is 12.4. The van der Waals surface area contributed by atoms with Gasteiger partial charge in [0.25, 0.3) is 0 Å². The zero-order valence-electron chi connectivity index (χ0n) is 8.66. The van der Waals surface area contributed by atoms with Gasteiger partial charge >= 0.3 is 0 Å². The van der Waals surface area contributed by atoms with Crippen molar-refractivity contribution in [1.29, 1.82) is 0 Å². The minimum absolute atomic E-state index is 0.715. The van der Waals surface area contributed by atoms with E-state index in [1.54, 1.807) is 0 Å². The van der Waals surface area contributed by atoms with Gasteiger partial charge in [-0.2, -0.15) is 0 Å². The van der Waals surface area contributed by atoms with Gasteiger partial charge in [-0.25, -0.2) is 0 Å². The number of hydrogen-bond donors (Lipinski definition) is 4. The van der Waals surface area contributed by atoms with Gasteiger partial charge in [0.05, 0.1) is 0 Å². The summed E-state index contributed by atoms with van der Waals surface area (Å²) in [5.41, 5.74) is 0. The molecule has 88 valence electrons. The molecule has 2 aromatic rings. The molecular formula is C12H10OS4. The Labute approximate surface area is 122 Å². The standard InChI is InChI=1S/C12H10OS4/c14-9-3-1-7(5-11(9)16)13-8-2-4-10(15)12(17)6-8/h1-6,14-17H. The van der Waals surface area contributed by atoms with Crippen molar-refractivity contribution in [3.05, 3.63) is 36.4 Å². The summed E-state index contributed by atoms with van der Waals surface area (Å²) in [4.78, 5) is 3.20. The number of rotatable bonds is 2. The topological polar surface area (TPSA) is 9.23 Å². The summed E-state index contributed by atoms with van der Waals surface area (Å²) in [7, 11) is 0. The van der Waals surface area contributed by atoms with Gasteiger partial charge in [-0.1, -0.05) is 0 Å². The second kappa shape index (κ2) is 5.52. The predicted octanol–water partition coefficient (Wildman–Crippen LogP) is 4.63. The van der Waals surface area contributed by atoms with Crippen LogP contribution in [0.3, 0.4) is 0 Å². The molecule has 0 amide bonds. The summed E-state index contributed by atoms with van der Waals surface area (Å²) < 4.78 is 5.68. The Bertz CT molecular complexity index is 505. The largest absolute Gasteiger partial charge is 0.457 e. The van der Waals surface area contributed by atoms with Crippen molar-refractivity contribution < 1.29 is 4.74 Å². The highest BCUT2D eigenvalue weighted by Gasteiger charge is 2.02. The summed E-state index contributed by atoms with van der Waals surface area (Å²) in [6.07, 6.45) is 0. The minimum Gasteiger partial charge on any atom is -0.457 e. The SMILES string of the molecule is Sc1ccc(Oc2ccc(S)c(S)c2)cc1S. The molecular weight excluding hydrogens is 288 g/mol. The number of thiol groups is 4. The van der Waals surface area contributed by atoms with E-state index < -0.39 is 0 Å². The van der Waals surface area contributed by atoms with Crippen LogP contribution in [-0.4, -0.2) is 0 Å². The highest BCUT2D eigenvalue weighted by Crippen LogP contribution is 2.30. The lowest BCUT2D eigenvalue weighted by Crippen LogP contribution is -1.85. The molecule has 0 saturated carbocycles. The zero-order valence-corrected chi connectivity index (χ0v) is 12.2. The molecule has 0 unspecified atom stereocenters. The molecule has 2 rings (SSSR count). The van der Waals surface area contributed by atoms with E-state index in [4.69, 9.17) is 4.74 Å². The second-order valence-corrected chi connectivity index (χ2v) is 5.33. The molecule has 0 N–H and O–H groups in total. The molecule has 0 bridgehead atoms. The first-order valence-corrected chi connectivity index (χ1v) is 6.57. The van der Waals surface area contributed by atoms with Gasteiger partial charge < -0.3 is 4.74 Å². The molecule has 0 aliphatic heterocycles. The summed E-state index contributed by atoms with van der Waals surface area (Å²) in [6.45, 7) is 0. The highest BCUT2D eigenvalue weighted by atomic mass is 32.1. The maximum absolute atomic E-state index is 5.68. The van der Waals surface area contributed by atoms with Crippen molar-refractivity contribution in [2.75, 3.05) is 0 Å². The lowest BCUT2D eigenvalue weighted by Gasteiger charge is -2.08. The van der Waals surface area contributed by atoms with E-state index in [0.717, 1.165) is 19.6 Å². The third-order valence-electron chi connectivity index (χ3n) is 2.13. The van der Waals surface area contributed by atoms with Crippen LogP contribution in [0, 0.1) is 0 Å². The first-order chi connectivity index (χ1) is 8.06. The van der Waals surface area contributed by atoms with Crippen LogP contribution < -0.4 is 4.74 Å². The van der Waals surface area contributed by atoms with Crippen LogP contribution in [-0.2, 0) is 0 Å². The molecule has 0 aromatic heterocycles. The Kier molecular flexibility index (Phi) is 4.25. The van der Waals surface area contributed by atoms with Gasteiger partial charge in [0.1, 0.15) is 11.5 Å². The average molecular weight is 298 g/mol. The van der Waals surface area contributed by atoms with E-state index in [1.807, 2.05) is 36.4 Å². The molecule has 0 atom stereocenters. The van der Waals surface area contributed by atoms with E-state index in [9.17, 15) is 0 Å². The third-order valence-corrected chi connectivity index (χ3v) is 4.00. The fraction of sp³-hybridized carbons (Fsp3) is 0. The Hall–Kier alpha value is -0.360. The first kappa shape index (κ1) is 13.1. The summed E-state index contributed by atoms with van der Waals surface area (Å²) in [5, 5.41) is 0. The molecule has 0 saturated heterocycles. The van der Waals surface area contributed by atoms with Crippen LogP contribution in [0.1, 0.15) is 0 Å². The van der Waals surface area contributed by atoms with Crippen molar-refractivity contribution in [2.45, 2.75) is 19.6 Å². The smallest absolute Gasteiger partial charge is 0.128 e. The Morgan fingerprint density at radius 2 is 1.00 bits per heavy atom. The first-order valence-electron chi connectivity index (χ1n) is 4.78. The molecule has 0 spiro atoms. The van der Waals surface area contributed by atoms with Gasteiger partial charge in [0.15, 0.2) is 0 Å². The van der Waals surface area contributed by atoms with Crippen LogP contribution in [0.2, 0.25) is 0 Å². The second-order valence-electron chi connectivity index (χ2n) is 3.40. The lowest BCUT2D eigenvalue weighted by molar-refractivity contribution is 0.478. The number of hydrogen-bond acceptors (Lipinski definition) is 5. The van der Waals surface area contributed by atoms with E-state index in [0.29, 0.717) is 11.5 Å². The van der Waals surface area contributed by atoms with Crippen molar-refractivity contribution in [2.24, 2.45) is 0 Å². The van der Waals surface area contributed by atoms with E-state index in [2.05, 4.69) is 50.5 Å². The predicted molar refractivity (Wildman–Crippen MR) is 82.0 cm³/mol. The van der Waals surface area contributed by atoms with Crippen LogP contribution in [0.4, 0.5) is 0 Å². The van der Waals surface area contributed by atoms with Gasteiger partial charge in [-0.05, 0) is 36.4 Å². The maximum Gasteiger partial charge on any atom is 0.128 e. The molecule has 0 radical (unpaired) electrons. The number of ether oxygens (including phenoxy) is 1. The summed E-state index contributed by atoms with van der Waals surface area (Å²) >= 11 is 17.1. The quantitative estimate of drug-likeness (QED) is 0.591. The Morgan fingerprint density at radius 3 is 1.35 bits per heavy atom. The van der Waals surface area contributed by atoms with E-state index >= 15 is 0 Å². The fourth-order valence-corrected chi connectivity index (χ4v) is 1.95. The molecule has 0 fully saturated rings. The van der Waals surface area contributed by atoms with Crippen molar-refractivity contribution in [1.82, 2.24) is 0 Å². The summed E-state index contributed by atoms with van der Waals surface area (Å²) in [5.74, 6) is 1.43. The van der Waals surface area contributed by atoms with Gasteiger partial charge in [-0.15, -0.1) is 50.5 Å². The normalized spacial score (nSPS) is 10.4. The van der Waals surface area contributed by atoms with Gasteiger partial charge in [0, 0.05) is 19.6 Å². The average Bonchev–Trinajstić information content (AvgIpc) is 2.29. The van der Waals surface area contributed by atoms with Crippen molar-refractivity contribution in [3.63, 3.8) is 0 Å². The molecule has 0 aliphatic carbocycles. The van der Waals surface area contributed by atoms with Crippen LogP contribution >= 0.6 is 50.5 Å². The lowest BCUT2D eigenvalue weighted by atomic mass is 10.3. The summed E-state index contributed by atoms with van der Waals surface area (Å²) in [6, 6.07) is 11.0. The van der Waals surface area contributed by atoms with Crippen LogP contribution in [0.25, 0.3) is 0 Å². The molecule has 17 heavy (non-hydrogen) atoms. The van der Waals surface area contributed by atoms with Crippen LogP contribution in [0.5, 0.6) is 11.5 Å². The maximum atomic E-state index is 5.68.